The molecule has 0 aromatic heterocycles. The summed E-state index contributed by atoms with van der Waals surface area (Å²) in [5.41, 5.74) is 9.70. The average Bonchev–Trinajstić information content (AvgIpc) is 2.60. The van der Waals surface area contributed by atoms with Gasteiger partial charge in [0.1, 0.15) is 4.90 Å². The Hall–Kier alpha value is -2.98. The second kappa shape index (κ2) is 7.72. The van der Waals surface area contributed by atoms with Gasteiger partial charge in [0.2, 0.25) is 9.84 Å². The molecule has 0 aliphatic rings. The molecule has 0 bridgehead atoms. The Balaban J connectivity index is 2.77. The van der Waals surface area contributed by atoms with E-state index in [4.69, 9.17) is 23.1 Å². The van der Waals surface area contributed by atoms with Crippen molar-refractivity contribution >= 4 is 39.0 Å². The summed E-state index contributed by atoms with van der Waals surface area (Å²) in [5, 5.41) is 11.8. The molecular formula is C16H15ClN4O5S. The standard InChI is InChI=1S/C16H15ClN4O5S/c1-2-9-7-14(27(25,26)11-5-3-10(17)4-6-11)13(21(23)24)8-12(9)15(22)20-16(18)19/h3-8H,2H2,1H3,(H4,18,19,20,22). The van der Waals surface area contributed by atoms with E-state index >= 15 is 0 Å². The predicted octanol–water partition coefficient (Wildman–Crippen LogP) is 2.06. The Bertz CT molecular complexity index is 1050. The van der Waals surface area contributed by atoms with Crippen molar-refractivity contribution in [3.63, 3.8) is 0 Å². The molecule has 0 unspecified atom stereocenters. The minimum absolute atomic E-state index is 0.146. The number of halogens is 1. The fraction of sp³-hybridized carbons (Fsp3) is 0.125. The van der Waals surface area contributed by atoms with Gasteiger partial charge in [-0.05, 0) is 42.3 Å². The Morgan fingerprint density at radius 3 is 2.30 bits per heavy atom. The van der Waals surface area contributed by atoms with Crippen molar-refractivity contribution in [3.8, 4) is 0 Å². The van der Waals surface area contributed by atoms with Crippen LogP contribution in [-0.2, 0) is 16.3 Å². The predicted molar refractivity (Wildman–Crippen MR) is 99.5 cm³/mol. The van der Waals surface area contributed by atoms with E-state index in [9.17, 15) is 23.3 Å². The number of aliphatic imine (C=N–C) groups is 1. The van der Waals surface area contributed by atoms with Crippen LogP contribution < -0.4 is 11.5 Å². The number of nitrogens with two attached hydrogens (primary N) is 2. The van der Waals surface area contributed by atoms with Crippen LogP contribution in [0.25, 0.3) is 0 Å². The minimum atomic E-state index is -4.23. The highest BCUT2D eigenvalue weighted by atomic mass is 35.5. The molecule has 0 aliphatic heterocycles. The van der Waals surface area contributed by atoms with Gasteiger partial charge in [-0.2, -0.15) is 4.99 Å². The zero-order valence-electron chi connectivity index (χ0n) is 14.0. The van der Waals surface area contributed by atoms with Gasteiger partial charge in [-0.1, -0.05) is 18.5 Å². The lowest BCUT2D eigenvalue weighted by Gasteiger charge is -2.10. The Morgan fingerprint density at radius 1 is 1.22 bits per heavy atom. The van der Waals surface area contributed by atoms with E-state index < -0.39 is 37.2 Å². The smallest absolute Gasteiger partial charge is 0.289 e. The molecule has 0 atom stereocenters. The first-order valence-electron chi connectivity index (χ1n) is 7.53. The molecule has 0 heterocycles. The van der Waals surface area contributed by atoms with Crippen LogP contribution in [0.3, 0.4) is 0 Å². The molecule has 11 heteroatoms. The van der Waals surface area contributed by atoms with E-state index in [2.05, 4.69) is 4.99 Å². The molecule has 0 saturated heterocycles. The van der Waals surface area contributed by atoms with E-state index in [1.54, 1.807) is 6.92 Å². The summed E-state index contributed by atoms with van der Waals surface area (Å²) < 4.78 is 25.8. The molecule has 4 N–H and O–H groups in total. The Labute approximate surface area is 159 Å². The number of nitro groups is 1. The number of sulfone groups is 1. The number of carbonyl (C=O) groups excluding carboxylic acids is 1. The second-order valence-electron chi connectivity index (χ2n) is 5.39. The normalized spacial score (nSPS) is 11.0. The van der Waals surface area contributed by atoms with Crippen molar-refractivity contribution in [1.29, 1.82) is 0 Å². The average molecular weight is 411 g/mol. The number of benzene rings is 2. The maximum atomic E-state index is 12.9. The monoisotopic (exact) mass is 410 g/mol. The Kier molecular flexibility index (Phi) is 5.82. The fourth-order valence-corrected chi connectivity index (χ4v) is 3.96. The lowest BCUT2D eigenvalue weighted by Crippen LogP contribution is -2.24. The van der Waals surface area contributed by atoms with Gasteiger partial charge in [0.25, 0.3) is 11.6 Å². The molecule has 142 valence electrons. The lowest BCUT2D eigenvalue weighted by molar-refractivity contribution is -0.387. The number of guanidine groups is 1. The minimum Gasteiger partial charge on any atom is -0.370 e. The van der Waals surface area contributed by atoms with Crippen molar-refractivity contribution in [2.24, 2.45) is 16.5 Å². The summed E-state index contributed by atoms with van der Waals surface area (Å²) in [4.78, 5) is 25.4. The van der Waals surface area contributed by atoms with Crippen LogP contribution >= 0.6 is 11.6 Å². The first-order valence-corrected chi connectivity index (χ1v) is 9.40. The van der Waals surface area contributed by atoms with E-state index in [1.807, 2.05) is 0 Å². The molecule has 2 rings (SSSR count). The highest BCUT2D eigenvalue weighted by molar-refractivity contribution is 7.91. The summed E-state index contributed by atoms with van der Waals surface area (Å²) >= 11 is 5.76. The zero-order valence-corrected chi connectivity index (χ0v) is 15.6. The number of hydrogen-bond acceptors (Lipinski definition) is 5. The number of carbonyl (C=O) groups is 1. The second-order valence-corrected chi connectivity index (χ2v) is 7.74. The number of aryl methyl sites for hydroxylation is 1. The summed E-state index contributed by atoms with van der Waals surface area (Å²) in [5.74, 6) is -1.41. The molecule has 2 aromatic rings. The number of hydrogen-bond donors (Lipinski definition) is 2. The van der Waals surface area contributed by atoms with Crippen molar-refractivity contribution in [3.05, 3.63) is 62.7 Å². The third kappa shape index (κ3) is 4.23. The van der Waals surface area contributed by atoms with Crippen LogP contribution in [0.1, 0.15) is 22.8 Å². The van der Waals surface area contributed by atoms with Gasteiger partial charge in [-0.15, -0.1) is 0 Å². The van der Waals surface area contributed by atoms with Gasteiger partial charge >= 0.3 is 0 Å². The largest absolute Gasteiger partial charge is 0.370 e. The van der Waals surface area contributed by atoms with Gasteiger partial charge < -0.3 is 11.5 Å². The maximum absolute atomic E-state index is 12.9. The van der Waals surface area contributed by atoms with Crippen LogP contribution in [0.15, 0.2) is 51.2 Å². The lowest BCUT2D eigenvalue weighted by atomic mass is 10.0. The first kappa shape index (κ1) is 20.3. The van der Waals surface area contributed by atoms with E-state index in [-0.39, 0.29) is 22.4 Å². The summed E-state index contributed by atoms with van der Waals surface area (Å²) in [7, 11) is -4.23. The SMILES string of the molecule is CCc1cc(S(=O)(=O)c2ccc(Cl)cc2)c([N+](=O)[O-])cc1C(=O)N=C(N)N. The zero-order chi connectivity index (χ0) is 20.4. The number of rotatable bonds is 5. The highest BCUT2D eigenvalue weighted by Gasteiger charge is 2.30. The van der Waals surface area contributed by atoms with Gasteiger partial charge in [0.05, 0.1) is 15.4 Å². The third-order valence-electron chi connectivity index (χ3n) is 3.64. The molecular weight excluding hydrogens is 396 g/mol. The van der Waals surface area contributed by atoms with E-state index in [0.29, 0.717) is 5.02 Å². The van der Waals surface area contributed by atoms with Gasteiger partial charge in [0, 0.05) is 11.1 Å². The molecule has 2 aromatic carbocycles. The topological polar surface area (TPSA) is 159 Å². The van der Waals surface area contributed by atoms with Gasteiger partial charge in [-0.25, -0.2) is 8.42 Å². The van der Waals surface area contributed by atoms with Gasteiger partial charge in [-0.3, -0.25) is 14.9 Å². The first-order chi connectivity index (χ1) is 12.6. The molecule has 0 fully saturated rings. The maximum Gasteiger partial charge on any atom is 0.289 e. The van der Waals surface area contributed by atoms with Crippen LogP contribution in [-0.4, -0.2) is 25.2 Å². The summed E-state index contributed by atoms with van der Waals surface area (Å²) in [6.07, 6.45) is 0.224. The molecule has 1 amide bonds. The van der Waals surface area contributed by atoms with Crippen LogP contribution in [0, 0.1) is 10.1 Å². The molecule has 27 heavy (non-hydrogen) atoms. The molecule has 0 radical (unpaired) electrons. The van der Waals surface area contributed by atoms with Crippen molar-refractivity contribution in [2.75, 3.05) is 0 Å². The third-order valence-corrected chi connectivity index (χ3v) is 5.69. The number of nitro benzene ring substituents is 1. The number of amides is 1. The van der Waals surface area contributed by atoms with E-state index in [0.717, 1.165) is 12.1 Å². The molecule has 0 aliphatic carbocycles. The quantitative estimate of drug-likeness (QED) is 0.330. The summed E-state index contributed by atoms with van der Waals surface area (Å²) in [6.45, 7) is 1.66. The molecule has 9 nitrogen and oxygen atoms in total. The van der Waals surface area contributed by atoms with Crippen molar-refractivity contribution < 1.29 is 18.1 Å². The number of nitrogens with zero attached hydrogens (tertiary/aromatic N) is 2. The van der Waals surface area contributed by atoms with Gasteiger partial charge in [0.15, 0.2) is 5.96 Å². The van der Waals surface area contributed by atoms with Crippen molar-refractivity contribution in [2.45, 2.75) is 23.1 Å². The summed E-state index contributed by atoms with van der Waals surface area (Å²) in [6, 6.07) is 7.17. The van der Waals surface area contributed by atoms with Crippen molar-refractivity contribution in [1.82, 2.24) is 0 Å². The van der Waals surface area contributed by atoms with Crippen LogP contribution in [0.4, 0.5) is 5.69 Å². The fourth-order valence-electron chi connectivity index (χ4n) is 2.38. The van der Waals surface area contributed by atoms with Crippen LogP contribution in [0.2, 0.25) is 5.02 Å². The molecule has 0 saturated carbocycles. The highest BCUT2D eigenvalue weighted by Crippen LogP contribution is 2.33. The Morgan fingerprint density at radius 2 is 1.81 bits per heavy atom. The van der Waals surface area contributed by atoms with Crippen LogP contribution in [0.5, 0.6) is 0 Å². The van der Waals surface area contributed by atoms with E-state index in [1.165, 1.54) is 24.3 Å². The molecule has 0 spiro atoms.